The molecule has 1 aromatic heterocycles. The lowest BCUT2D eigenvalue weighted by Crippen LogP contribution is -2.48. The van der Waals surface area contributed by atoms with Crippen molar-refractivity contribution in [2.24, 2.45) is 0 Å². The fourth-order valence-corrected chi connectivity index (χ4v) is 4.44. The topological polar surface area (TPSA) is 53.5 Å². The van der Waals surface area contributed by atoms with E-state index in [1.165, 1.54) is 0 Å². The molecule has 2 aromatic rings. The highest BCUT2D eigenvalue weighted by atomic mass is 32.2. The third-order valence-electron chi connectivity index (χ3n) is 4.63. The van der Waals surface area contributed by atoms with E-state index in [-0.39, 0.29) is 0 Å². The molecule has 134 valence electrons. The first-order valence-electron chi connectivity index (χ1n) is 8.69. The molecule has 0 spiro atoms. The van der Waals surface area contributed by atoms with E-state index < -0.39 is 10.0 Å². The smallest absolute Gasteiger partial charge is 0.243 e. The van der Waals surface area contributed by atoms with Crippen molar-refractivity contribution in [3.8, 4) is 0 Å². The molecule has 1 saturated heterocycles. The molecule has 2 heterocycles. The van der Waals surface area contributed by atoms with Crippen molar-refractivity contribution in [1.82, 2.24) is 14.2 Å². The Morgan fingerprint density at radius 1 is 1.00 bits per heavy atom. The van der Waals surface area contributed by atoms with Gasteiger partial charge in [-0.1, -0.05) is 32.0 Å². The summed E-state index contributed by atoms with van der Waals surface area (Å²) in [6, 6.07) is 13.2. The van der Waals surface area contributed by atoms with Crippen LogP contribution in [-0.2, 0) is 16.6 Å². The first kappa shape index (κ1) is 18.0. The molecular formula is C19H25N3O2S. The Labute approximate surface area is 150 Å². The molecule has 5 nitrogen and oxygen atoms in total. The number of benzene rings is 1. The van der Waals surface area contributed by atoms with Gasteiger partial charge in [0.1, 0.15) is 0 Å². The molecule has 1 fully saturated rings. The Bertz CT molecular complexity index is 781. The van der Waals surface area contributed by atoms with Crippen LogP contribution in [0.3, 0.4) is 0 Å². The van der Waals surface area contributed by atoms with Gasteiger partial charge in [0.05, 0.1) is 10.6 Å². The second kappa shape index (κ2) is 7.64. The minimum absolute atomic E-state index is 0.384. The van der Waals surface area contributed by atoms with Gasteiger partial charge in [0.15, 0.2) is 0 Å². The van der Waals surface area contributed by atoms with E-state index in [9.17, 15) is 8.42 Å². The number of hydrogen-bond donors (Lipinski definition) is 0. The Morgan fingerprint density at radius 2 is 1.68 bits per heavy atom. The van der Waals surface area contributed by atoms with Crippen molar-refractivity contribution in [3.63, 3.8) is 0 Å². The first-order valence-corrected chi connectivity index (χ1v) is 10.1. The number of piperazine rings is 1. The highest BCUT2D eigenvalue weighted by Gasteiger charge is 2.28. The molecule has 0 saturated carbocycles. The maximum atomic E-state index is 12.8. The summed E-state index contributed by atoms with van der Waals surface area (Å²) in [5.41, 5.74) is 2.17. The fourth-order valence-electron chi connectivity index (χ4n) is 3.02. The fraction of sp³-hybridized carbons (Fsp3) is 0.421. The second-order valence-electron chi connectivity index (χ2n) is 6.73. The van der Waals surface area contributed by atoms with Crippen molar-refractivity contribution < 1.29 is 8.42 Å². The summed E-state index contributed by atoms with van der Waals surface area (Å²) in [4.78, 5) is 6.97. The summed E-state index contributed by atoms with van der Waals surface area (Å²) in [6.07, 6.45) is 1.79. The van der Waals surface area contributed by atoms with E-state index in [1.54, 1.807) is 22.6 Å². The van der Waals surface area contributed by atoms with Crippen molar-refractivity contribution in [2.75, 3.05) is 26.2 Å². The number of pyridine rings is 1. The van der Waals surface area contributed by atoms with Gasteiger partial charge in [0.25, 0.3) is 0 Å². The molecule has 0 bridgehead atoms. The van der Waals surface area contributed by atoms with Crippen LogP contribution in [0.5, 0.6) is 0 Å². The highest BCUT2D eigenvalue weighted by Crippen LogP contribution is 2.21. The zero-order chi connectivity index (χ0) is 17.9. The van der Waals surface area contributed by atoms with Crippen LogP contribution < -0.4 is 0 Å². The summed E-state index contributed by atoms with van der Waals surface area (Å²) in [5.74, 6) is 0.395. The van der Waals surface area contributed by atoms with Crippen LogP contribution in [-0.4, -0.2) is 48.8 Å². The van der Waals surface area contributed by atoms with Gasteiger partial charge in [-0.25, -0.2) is 8.42 Å². The predicted molar refractivity (Wildman–Crippen MR) is 98.8 cm³/mol. The lowest BCUT2D eigenvalue weighted by Gasteiger charge is -2.33. The van der Waals surface area contributed by atoms with Gasteiger partial charge in [-0.2, -0.15) is 4.31 Å². The zero-order valence-electron chi connectivity index (χ0n) is 14.8. The van der Waals surface area contributed by atoms with Crippen LogP contribution in [0.1, 0.15) is 31.0 Å². The minimum Gasteiger partial charge on any atom is -0.295 e. The van der Waals surface area contributed by atoms with Crippen LogP contribution in [0.2, 0.25) is 0 Å². The summed E-state index contributed by atoms with van der Waals surface area (Å²) in [6.45, 7) is 7.44. The van der Waals surface area contributed by atoms with E-state index in [0.717, 1.165) is 30.9 Å². The molecule has 6 heteroatoms. The van der Waals surface area contributed by atoms with Gasteiger partial charge in [0, 0.05) is 38.9 Å². The lowest BCUT2D eigenvalue weighted by atomic mass is 10.0. The quantitative estimate of drug-likeness (QED) is 0.824. The Morgan fingerprint density at radius 3 is 2.24 bits per heavy atom. The largest absolute Gasteiger partial charge is 0.295 e. The Balaban J connectivity index is 1.63. The molecule has 1 aliphatic heterocycles. The van der Waals surface area contributed by atoms with Gasteiger partial charge in [0.2, 0.25) is 10.0 Å². The minimum atomic E-state index is -3.41. The number of rotatable bonds is 5. The summed E-state index contributed by atoms with van der Waals surface area (Å²) in [5, 5.41) is 0. The van der Waals surface area contributed by atoms with Crippen LogP contribution in [0.15, 0.2) is 53.6 Å². The van der Waals surface area contributed by atoms with Gasteiger partial charge < -0.3 is 0 Å². The molecule has 0 amide bonds. The Kier molecular flexibility index (Phi) is 5.51. The maximum absolute atomic E-state index is 12.8. The zero-order valence-corrected chi connectivity index (χ0v) is 15.6. The van der Waals surface area contributed by atoms with Gasteiger partial charge in [-0.3, -0.25) is 9.88 Å². The van der Waals surface area contributed by atoms with E-state index >= 15 is 0 Å². The van der Waals surface area contributed by atoms with E-state index in [1.807, 2.05) is 30.3 Å². The summed E-state index contributed by atoms with van der Waals surface area (Å²) >= 11 is 0. The van der Waals surface area contributed by atoms with Crippen LogP contribution in [0.4, 0.5) is 0 Å². The second-order valence-corrected chi connectivity index (χ2v) is 8.66. The third kappa shape index (κ3) is 4.26. The lowest BCUT2D eigenvalue weighted by molar-refractivity contribution is 0.180. The molecule has 0 atom stereocenters. The molecule has 0 aliphatic carbocycles. The average Bonchev–Trinajstić information content (AvgIpc) is 2.63. The van der Waals surface area contributed by atoms with E-state index in [0.29, 0.717) is 23.9 Å². The average molecular weight is 359 g/mol. The van der Waals surface area contributed by atoms with Crippen molar-refractivity contribution in [1.29, 1.82) is 0 Å². The van der Waals surface area contributed by atoms with Gasteiger partial charge >= 0.3 is 0 Å². The number of aromatic nitrogens is 1. The SMILES string of the molecule is CC(C)c1ccc(S(=O)(=O)N2CCN(Cc3ccccn3)CC2)cc1. The summed E-state index contributed by atoms with van der Waals surface area (Å²) < 4.78 is 27.2. The number of sulfonamides is 1. The summed E-state index contributed by atoms with van der Waals surface area (Å²) in [7, 11) is -3.41. The molecule has 1 aliphatic rings. The van der Waals surface area contributed by atoms with Crippen molar-refractivity contribution in [2.45, 2.75) is 31.2 Å². The molecule has 3 rings (SSSR count). The number of hydrogen-bond acceptors (Lipinski definition) is 4. The van der Waals surface area contributed by atoms with Crippen molar-refractivity contribution >= 4 is 10.0 Å². The molecule has 0 N–H and O–H groups in total. The highest BCUT2D eigenvalue weighted by molar-refractivity contribution is 7.89. The molecule has 0 unspecified atom stereocenters. The normalized spacial score (nSPS) is 17.1. The van der Waals surface area contributed by atoms with E-state index in [4.69, 9.17) is 0 Å². The third-order valence-corrected chi connectivity index (χ3v) is 6.54. The molecule has 25 heavy (non-hydrogen) atoms. The van der Waals surface area contributed by atoms with Crippen LogP contribution in [0.25, 0.3) is 0 Å². The standard InChI is InChI=1S/C19H25N3O2S/c1-16(2)17-6-8-19(9-7-17)25(23,24)22-13-11-21(12-14-22)15-18-5-3-4-10-20-18/h3-10,16H,11-15H2,1-2H3. The first-order chi connectivity index (χ1) is 12.0. The predicted octanol–water partition coefficient (Wildman–Crippen LogP) is 2.71. The van der Waals surface area contributed by atoms with Gasteiger partial charge in [-0.15, -0.1) is 0 Å². The molecule has 1 aromatic carbocycles. The molecular weight excluding hydrogens is 334 g/mol. The van der Waals surface area contributed by atoms with E-state index in [2.05, 4.69) is 23.7 Å². The van der Waals surface area contributed by atoms with Crippen molar-refractivity contribution in [3.05, 3.63) is 59.9 Å². The monoisotopic (exact) mass is 359 g/mol. The Hall–Kier alpha value is -1.76. The maximum Gasteiger partial charge on any atom is 0.243 e. The molecule has 0 radical (unpaired) electrons. The van der Waals surface area contributed by atoms with Gasteiger partial charge in [-0.05, 0) is 35.7 Å². The van der Waals surface area contributed by atoms with Crippen LogP contribution in [0, 0.1) is 0 Å². The number of nitrogens with zero attached hydrogens (tertiary/aromatic N) is 3. The van der Waals surface area contributed by atoms with Crippen LogP contribution >= 0.6 is 0 Å².